The van der Waals surface area contributed by atoms with Crippen LogP contribution >= 0.6 is 0 Å². The van der Waals surface area contributed by atoms with E-state index >= 15 is 0 Å². The van der Waals surface area contributed by atoms with Crippen LogP contribution in [0.5, 0.6) is 0 Å². The lowest BCUT2D eigenvalue weighted by molar-refractivity contribution is -0.139. The highest BCUT2D eigenvalue weighted by Gasteiger charge is 2.21. The van der Waals surface area contributed by atoms with Gasteiger partial charge in [-0.15, -0.1) is 0 Å². The molecule has 0 radical (unpaired) electrons. The molecule has 0 bridgehead atoms. The van der Waals surface area contributed by atoms with E-state index < -0.39 is 11.8 Å². The van der Waals surface area contributed by atoms with Crippen LogP contribution in [0.25, 0.3) is 0 Å². The lowest BCUT2D eigenvalue weighted by Gasteiger charge is -2.33. The van der Waals surface area contributed by atoms with E-state index in [2.05, 4.69) is 20.5 Å². The van der Waals surface area contributed by atoms with Crippen LogP contribution in [-0.2, 0) is 16.1 Å². The number of nitrogens with zero attached hydrogens (tertiary/aromatic N) is 2. The molecule has 2 heterocycles. The lowest BCUT2D eigenvalue weighted by Crippen LogP contribution is -2.43. The van der Waals surface area contributed by atoms with Gasteiger partial charge in [-0.2, -0.15) is 0 Å². The largest absolute Gasteiger partial charge is 0.371 e. The molecular weight excluding hydrogens is 340 g/mol. The maximum Gasteiger partial charge on any atom is 0.309 e. The Hall–Kier alpha value is -2.89. The van der Waals surface area contributed by atoms with Crippen molar-refractivity contribution in [3.63, 3.8) is 0 Å². The van der Waals surface area contributed by atoms with E-state index in [9.17, 15) is 9.59 Å². The fourth-order valence-electron chi connectivity index (χ4n) is 3.24. The topological polar surface area (TPSA) is 74.3 Å². The number of nitrogens with one attached hydrogen (secondary N) is 2. The fraction of sp³-hybridized carbons (Fsp3) is 0.381. The summed E-state index contributed by atoms with van der Waals surface area (Å²) < 4.78 is 0. The third-order valence-electron chi connectivity index (χ3n) is 4.97. The van der Waals surface area contributed by atoms with Crippen molar-refractivity contribution in [3.8, 4) is 0 Å². The van der Waals surface area contributed by atoms with E-state index in [4.69, 9.17) is 0 Å². The van der Waals surface area contributed by atoms with Crippen molar-refractivity contribution in [1.29, 1.82) is 0 Å². The van der Waals surface area contributed by atoms with E-state index in [1.165, 1.54) is 5.69 Å². The predicted molar refractivity (Wildman–Crippen MR) is 105 cm³/mol. The minimum atomic E-state index is -0.579. The van der Waals surface area contributed by atoms with Gasteiger partial charge in [0.2, 0.25) is 0 Å². The van der Waals surface area contributed by atoms with Gasteiger partial charge in [-0.25, -0.2) is 0 Å². The summed E-state index contributed by atoms with van der Waals surface area (Å²) >= 11 is 0. The summed E-state index contributed by atoms with van der Waals surface area (Å²) in [4.78, 5) is 30.3. The molecule has 0 atom stereocenters. The van der Waals surface area contributed by atoms with Crippen LogP contribution in [0.1, 0.15) is 24.0 Å². The summed E-state index contributed by atoms with van der Waals surface area (Å²) in [5.74, 6) is -0.736. The maximum absolute atomic E-state index is 12.0. The number of aryl methyl sites for hydroxylation is 1. The van der Waals surface area contributed by atoms with Gasteiger partial charge >= 0.3 is 11.8 Å². The second-order valence-electron chi connectivity index (χ2n) is 7.01. The van der Waals surface area contributed by atoms with Crippen LogP contribution in [0.15, 0.2) is 48.8 Å². The van der Waals surface area contributed by atoms with Crippen molar-refractivity contribution in [2.24, 2.45) is 5.92 Å². The zero-order valence-electron chi connectivity index (χ0n) is 15.6. The van der Waals surface area contributed by atoms with E-state index in [1.54, 1.807) is 12.4 Å². The van der Waals surface area contributed by atoms with Crippen LogP contribution < -0.4 is 15.5 Å². The van der Waals surface area contributed by atoms with Crippen LogP contribution in [0.2, 0.25) is 0 Å². The highest BCUT2D eigenvalue weighted by Crippen LogP contribution is 2.22. The predicted octanol–water partition coefficient (Wildman–Crippen LogP) is 2.04. The zero-order chi connectivity index (χ0) is 19.1. The van der Waals surface area contributed by atoms with Crippen molar-refractivity contribution >= 4 is 17.5 Å². The van der Waals surface area contributed by atoms with Crippen LogP contribution in [0.3, 0.4) is 0 Å². The first-order chi connectivity index (χ1) is 13.1. The number of hydrogen-bond acceptors (Lipinski definition) is 4. The molecule has 1 aromatic carbocycles. The van der Waals surface area contributed by atoms with Crippen molar-refractivity contribution in [2.75, 3.05) is 24.5 Å². The molecule has 1 saturated heterocycles. The summed E-state index contributed by atoms with van der Waals surface area (Å²) in [5.41, 5.74) is 3.33. The average Bonchev–Trinajstić information content (AvgIpc) is 2.72. The molecule has 2 aromatic rings. The molecule has 142 valence electrons. The number of carbonyl (C=O) groups is 2. The van der Waals surface area contributed by atoms with Gasteiger partial charge in [-0.1, -0.05) is 29.8 Å². The van der Waals surface area contributed by atoms with Gasteiger partial charge in [0.1, 0.15) is 0 Å². The highest BCUT2D eigenvalue weighted by atomic mass is 16.2. The molecule has 2 amide bonds. The number of aromatic nitrogens is 1. The molecule has 0 aliphatic carbocycles. The molecule has 2 N–H and O–H groups in total. The number of hydrogen-bond donors (Lipinski definition) is 2. The Labute approximate surface area is 160 Å². The smallest absolute Gasteiger partial charge is 0.309 e. The monoisotopic (exact) mass is 366 g/mol. The van der Waals surface area contributed by atoms with Gasteiger partial charge in [0.25, 0.3) is 0 Å². The first-order valence-corrected chi connectivity index (χ1v) is 9.38. The van der Waals surface area contributed by atoms with Gasteiger partial charge in [0.15, 0.2) is 0 Å². The standard InChI is InChI=1S/C21H26N4O2/c1-16-2-4-17(5-3-16)14-23-20(26)21(27)24-15-18-8-12-25(13-9-18)19-6-10-22-11-7-19/h2-7,10-11,18H,8-9,12-15H2,1H3,(H,23,26)(H,24,27). The van der Waals surface area contributed by atoms with Gasteiger partial charge in [0, 0.05) is 44.3 Å². The Bertz CT molecular complexity index is 754. The summed E-state index contributed by atoms with van der Waals surface area (Å²) in [7, 11) is 0. The molecule has 6 heteroatoms. The van der Waals surface area contributed by atoms with Gasteiger partial charge in [-0.3, -0.25) is 14.6 Å². The lowest BCUT2D eigenvalue weighted by atomic mass is 9.96. The molecule has 1 aliphatic heterocycles. The first-order valence-electron chi connectivity index (χ1n) is 9.38. The Morgan fingerprint density at radius 1 is 1.00 bits per heavy atom. The Balaban J connectivity index is 1.36. The summed E-state index contributed by atoms with van der Waals surface area (Å²) in [6, 6.07) is 11.9. The number of anilines is 1. The summed E-state index contributed by atoms with van der Waals surface area (Å²) in [5, 5.41) is 5.44. The van der Waals surface area contributed by atoms with Gasteiger partial charge in [-0.05, 0) is 43.4 Å². The number of pyridine rings is 1. The van der Waals surface area contributed by atoms with E-state index in [1.807, 2.05) is 43.3 Å². The van der Waals surface area contributed by atoms with Crippen LogP contribution in [-0.4, -0.2) is 36.4 Å². The van der Waals surface area contributed by atoms with Crippen LogP contribution in [0.4, 0.5) is 5.69 Å². The van der Waals surface area contributed by atoms with Crippen molar-refractivity contribution in [3.05, 3.63) is 59.9 Å². The number of rotatable bonds is 5. The van der Waals surface area contributed by atoms with E-state index in [0.717, 1.165) is 37.1 Å². The number of carbonyl (C=O) groups excluding carboxylic acids is 2. The molecule has 1 aromatic heterocycles. The number of piperidine rings is 1. The molecule has 0 saturated carbocycles. The van der Waals surface area contributed by atoms with Crippen LogP contribution in [0, 0.1) is 12.8 Å². The third-order valence-corrected chi connectivity index (χ3v) is 4.97. The number of benzene rings is 1. The molecule has 27 heavy (non-hydrogen) atoms. The van der Waals surface area contributed by atoms with Gasteiger partial charge in [0.05, 0.1) is 0 Å². The molecule has 0 spiro atoms. The minimum absolute atomic E-state index is 0.358. The van der Waals surface area contributed by atoms with E-state index in [0.29, 0.717) is 19.0 Å². The zero-order valence-corrected chi connectivity index (χ0v) is 15.6. The molecule has 1 aliphatic rings. The quantitative estimate of drug-likeness (QED) is 0.794. The Kier molecular flexibility index (Phi) is 6.41. The molecule has 6 nitrogen and oxygen atoms in total. The molecule has 1 fully saturated rings. The van der Waals surface area contributed by atoms with Gasteiger partial charge < -0.3 is 15.5 Å². The molecule has 3 rings (SSSR count). The SMILES string of the molecule is Cc1ccc(CNC(=O)C(=O)NCC2CCN(c3ccncc3)CC2)cc1. The average molecular weight is 366 g/mol. The molecule has 0 unspecified atom stereocenters. The fourth-order valence-corrected chi connectivity index (χ4v) is 3.24. The Morgan fingerprint density at radius 3 is 2.30 bits per heavy atom. The Morgan fingerprint density at radius 2 is 1.63 bits per heavy atom. The normalized spacial score (nSPS) is 14.6. The number of amides is 2. The minimum Gasteiger partial charge on any atom is -0.371 e. The second-order valence-corrected chi connectivity index (χ2v) is 7.01. The third kappa shape index (κ3) is 5.54. The van der Waals surface area contributed by atoms with Crippen molar-refractivity contribution in [2.45, 2.75) is 26.3 Å². The summed E-state index contributed by atoms with van der Waals surface area (Å²) in [6.45, 7) is 4.81. The first kappa shape index (κ1) is 18.9. The second kappa shape index (κ2) is 9.16. The summed E-state index contributed by atoms with van der Waals surface area (Å²) in [6.07, 6.45) is 5.59. The highest BCUT2D eigenvalue weighted by molar-refractivity contribution is 6.35. The maximum atomic E-state index is 12.0. The van der Waals surface area contributed by atoms with Crippen molar-refractivity contribution in [1.82, 2.24) is 15.6 Å². The molecular formula is C21H26N4O2. The van der Waals surface area contributed by atoms with Crippen molar-refractivity contribution < 1.29 is 9.59 Å². The van der Waals surface area contributed by atoms with E-state index in [-0.39, 0.29) is 0 Å².